The first-order valence-corrected chi connectivity index (χ1v) is 7.32. The summed E-state index contributed by atoms with van der Waals surface area (Å²) in [6, 6.07) is 10.0. The van der Waals surface area contributed by atoms with Crippen molar-refractivity contribution in [3.63, 3.8) is 0 Å². The standard InChI is InChI=1S/C16H19N5O/c17-16-13-9-11(3-4-14(13)20-21-16)12-5-7-19-15(10-12)18-6-1-2-8-22/h3-5,7,9-10,22H,1-2,6,8H2,(H,18,19)(H3,17,20,21). The van der Waals surface area contributed by atoms with Crippen molar-refractivity contribution < 1.29 is 5.11 Å². The average Bonchev–Trinajstić information content (AvgIpc) is 2.93. The van der Waals surface area contributed by atoms with Crippen molar-refractivity contribution in [3.05, 3.63) is 36.5 Å². The molecule has 6 nitrogen and oxygen atoms in total. The number of nitrogens with zero attached hydrogens (tertiary/aromatic N) is 2. The number of fused-ring (bicyclic) bond motifs is 1. The normalized spacial score (nSPS) is 11.0. The number of unbranched alkanes of at least 4 members (excludes halogenated alkanes) is 1. The Kier molecular flexibility index (Phi) is 4.20. The molecule has 0 radical (unpaired) electrons. The third kappa shape index (κ3) is 3.01. The number of aromatic amines is 1. The van der Waals surface area contributed by atoms with Crippen LogP contribution in [-0.4, -0.2) is 33.4 Å². The molecule has 0 amide bonds. The molecule has 2 aromatic heterocycles. The fraction of sp³-hybridized carbons (Fsp3) is 0.250. The Morgan fingerprint density at radius 2 is 2.00 bits per heavy atom. The van der Waals surface area contributed by atoms with Crippen molar-refractivity contribution in [3.8, 4) is 11.1 Å². The number of nitrogens with two attached hydrogens (primary N) is 1. The van der Waals surface area contributed by atoms with Crippen LogP contribution in [0, 0.1) is 0 Å². The third-order valence-corrected chi connectivity index (χ3v) is 3.58. The summed E-state index contributed by atoms with van der Waals surface area (Å²) in [6.07, 6.45) is 3.50. The Balaban J connectivity index is 1.82. The van der Waals surface area contributed by atoms with E-state index in [2.05, 4.69) is 20.5 Å². The number of nitrogen functional groups attached to an aromatic ring is 1. The van der Waals surface area contributed by atoms with Crippen LogP contribution in [0.15, 0.2) is 36.5 Å². The highest BCUT2D eigenvalue weighted by molar-refractivity contribution is 5.92. The summed E-state index contributed by atoms with van der Waals surface area (Å²) in [5.41, 5.74) is 8.93. The summed E-state index contributed by atoms with van der Waals surface area (Å²) >= 11 is 0. The van der Waals surface area contributed by atoms with Crippen molar-refractivity contribution >= 4 is 22.5 Å². The number of H-pyrrole nitrogens is 1. The molecular formula is C16H19N5O. The molecule has 0 aliphatic carbocycles. The zero-order chi connectivity index (χ0) is 15.4. The monoisotopic (exact) mass is 297 g/mol. The molecular weight excluding hydrogens is 278 g/mol. The maximum absolute atomic E-state index is 8.79. The van der Waals surface area contributed by atoms with Crippen molar-refractivity contribution in [1.82, 2.24) is 15.2 Å². The first kappa shape index (κ1) is 14.3. The van der Waals surface area contributed by atoms with E-state index in [0.717, 1.165) is 47.2 Å². The van der Waals surface area contributed by atoms with Crippen molar-refractivity contribution in [2.24, 2.45) is 0 Å². The van der Waals surface area contributed by atoms with Crippen LogP contribution in [0.2, 0.25) is 0 Å². The predicted octanol–water partition coefficient (Wildman–Crippen LogP) is 2.39. The van der Waals surface area contributed by atoms with E-state index in [9.17, 15) is 0 Å². The first-order valence-electron chi connectivity index (χ1n) is 7.32. The zero-order valence-electron chi connectivity index (χ0n) is 12.2. The lowest BCUT2D eigenvalue weighted by Gasteiger charge is -2.07. The molecule has 0 fully saturated rings. The van der Waals surface area contributed by atoms with E-state index in [0.29, 0.717) is 5.82 Å². The van der Waals surface area contributed by atoms with Crippen LogP contribution < -0.4 is 11.1 Å². The van der Waals surface area contributed by atoms with Crippen molar-refractivity contribution in [2.45, 2.75) is 12.8 Å². The minimum atomic E-state index is 0.223. The Labute approximate surface area is 128 Å². The lowest BCUT2D eigenvalue weighted by atomic mass is 10.0. The third-order valence-electron chi connectivity index (χ3n) is 3.58. The second-order valence-corrected chi connectivity index (χ2v) is 5.16. The summed E-state index contributed by atoms with van der Waals surface area (Å²) < 4.78 is 0. The topological polar surface area (TPSA) is 99.9 Å². The molecule has 0 saturated carbocycles. The quantitative estimate of drug-likeness (QED) is 0.523. The summed E-state index contributed by atoms with van der Waals surface area (Å²) in [4.78, 5) is 4.32. The number of nitrogens with one attached hydrogen (secondary N) is 2. The van der Waals surface area contributed by atoms with Crippen LogP contribution in [0.4, 0.5) is 11.6 Å². The highest BCUT2D eigenvalue weighted by Gasteiger charge is 2.05. The molecule has 0 saturated heterocycles. The van der Waals surface area contributed by atoms with Gasteiger partial charge in [0.2, 0.25) is 0 Å². The molecule has 0 bridgehead atoms. The Hall–Kier alpha value is -2.60. The molecule has 0 atom stereocenters. The molecule has 0 aliphatic rings. The van der Waals surface area contributed by atoms with Gasteiger partial charge in [-0.05, 0) is 48.2 Å². The Bertz CT molecular complexity index is 768. The molecule has 2 heterocycles. The van der Waals surface area contributed by atoms with Crippen molar-refractivity contribution in [1.29, 1.82) is 0 Å². The van der Waals surface area contributed by atoms with Gasteiger partial charge in [-0.1, -0.05) is 6.07 Å². The summed E-state index contributed by atoms with van der Waals surface area (Å²) in [6.45, 7) is 1.02. The highest BCUT2D eigenvalue weighted by Crippen LogP contribution is 2.27. The van der Waals surface area contributed by atoms with E-state index in [4.69, 9.17) is 10.8 Å². The molecule has 114 valence electrons. The number of aromatic nitrogens is 3. The smallest absolute Gasteiger partial charge is 0.153 e. The van der Waals surface area contributed by atoms with E-state index in [-0.39, 0.29) is 6.61 Å². The molecule has 1 aromatic carbocycles. The zero-order valence-corrected chi connectivity index (χ0v) is 12.2. The van der Waals surface area contributed by atoms with Gasteiger partial charge in [-0.3, -0.25) is 5.10 Å². The largest absolute Gasteiger partial charge is 0.396 e. The second-order valence-electron chi connectivity index (χ2n) is 5.16. The predicted molar refractivity (Wildman–Crippen MR) is 88.5 cm³/mol. The van der Waals surface area contributed by atoms with Gasteiger partial charge >= 0.3 is 0 Å². The molecule has 0 aliphatic heterocycles. The molecule has 0 unspecified atom stereocenters. The van der Waals surface area contributed by atoms with Crippen LogP contribution in [0.5, 0.6) is 0 Å². The second kappa shape index (κ2) is 6.44. The van der Waals surface area contributed by atoms with E-state index in [1.54, 1.807) is 6.20 Å². The van der Waals surface area contributed by atoms with Crippen LogP contribution in [0.3, 0.4) is 0 Å². The van der Waals surface area contributed by atoms with Gasteiger partial charge in [0, 0.05) is 24.7 Å². The number of anilines is 2. The van der Waals surface area contributed by atoms with E-state index in [1.165, 1.54) is 0 Å². The number of hydrogen-bond acceptors (Lipinski definition) is 5. The number of aliphatic hydroxyl groups excluding tert-OH is 1. The number of aliphatic hydroxyl groups is 1. The van der Waals surface area contributed by atoms with Gasteiger partial charge in [-0.25, -0.2) is 4.98 Å². The van der Waals surface area contributed by atoms with Gasteiger partial charge in [0.15, 0.2) is 5.82 Å². The molecule has 6 heteroatoms. The van der Waals surface area contributed by atoms with Gasteiger partial charge < -0.3 is 16.2 Å². The molecule has 0 spiro atoms. The molecule has 3 aromatic rings. The van der Waals surface area contributed by atoms with Gasteiger partial charge in [0.1, 0.15) is 5.82 Å². The van der Waals surface area contributed by atoms with E-state index in [1.807, 2.05) is 30.3 Å². The SMILES string of the molecule is Nc1n[nH]c2ccc(-c3ccnc(NCCCCO)c3)cc12. The van der Waals surface area contributed by atoms with Crippen LogP contribution in [-0.2, 0) is 0 Å². The number of rotatable bonds is 6. The summed E-state index contributed by atoms with van der Waals surface area (Å²) in [5.74, 6) is 1.34. The maximum atomic E-state index is 8.79. The fourth-order valence-electron chi connectivity index (χ4n) is 2.37. The molecule has 5 N–H and O–H groups in total. The lowest BCUT2D eigenvalue weighted by molar-refractivity contribution is 0.286. The average molecular weight is 297 g/mol. The highest BCUT2D eigenvalue weighted by atomic mass is 16.2. The number of benzene rings is 1. The van der Waals surface area contributed by atoms with Gasteiger partial charge in [0.25, 0.3) is 0 Å². The van der Waals surface area contributed by atoms with Crippen LogP contribution >= 0.6 is 0 Å². The maximum Gasteiger partial charge on any atom is 0.153 e. The Morgan fingerprint density at radius 1 is 1.14 bits per heavy atom. The first-order chi connectivity index (χ1) is 10.8. The Morgan fingerprint density at radius 3 is 2.86 bits per heavy atom. The lowest BCUT2D eigenvalue weighted by Crippen LogP contribution is -2.03. The minimum absolute atomic E-state index is 0.223. The molecule has 3 rings (SSSR count). The van der Waals surface area contributed by atoms with Gasteiger partial charge in [-0.15, -0.1) is 0 Å². The van der Waals surface area contributed by atoms with Crippen LogP contribution in [0.1, 0.15) is 12.8 Å². The summed E-state index contributed by atoms with van der Waals surface area (Å²) in [5, 5.41) is 19.9. The number of hydrogen-bond donors (Lipinski definition) is 4. The number of pyridine rings is 1. The van der Waals surface area contributed by atoms with Crippen LogP contribution in [0.25, 0.3) is 22.0 Å². The van der Waals surface area contributed by atoms with E-state index < -0.39 is 0 Å². The molecule has 22 heavy (non-hydrogen) atoms. The minimum Gasteiger partial charge on any atom is -0.396 e. The van der Waals surface area contributed by atoms with Gasteiger partial charge in [-0.2, -0.15) is 5.10 Å². The van der Waals surface area contributed by atoms with Crippen molar-refractivity contribution in [2.75, 3.05) is 24.2 Å². The van der Waals surface area contributed by atoms with E-state index >= 15 is 0 Å². The summed E-state index contributed by atoms with van der Waals surface area (Å²) in [7, 11) is 0. The fourth-order valence-corrected chi connectivity index (χ4v) is 2.37. The van der Waals surface area contributed by atoms with Gasteiger partial charge in [0.05, 0.1) is 5.52 Å².